The Morgan fingerprint density at radius 3 is 2.23 bits per heavy atom. The highest BCUT2D eigenvalue weighted by Crippen LogP contribution is 2.26. The number of hydrazone groups is 1. The highest BCUT2D eigenvalue weighted by Gasteiger charge is 2.27. The van der Waals surface area contributed by atoms with Gasteiger partial charge in [0.05, 0.1) is 16.8 Å². The molecule has 0 radical (unpaired) electrons. The number of hydrogen-bond donors (Lipinski definition) is 1. The molecule has 1 amide bonds. The summed E-state index contributed by atoms with van der Waals surface area (Å²) in [7, 11) is -4.00. The Morgan fingerprint density at radius 2 is 1.62 bits per heavy atom. The van der Waals surface area contributed by atoms with Gasteiger partial charge < -0.3 is 4.57 Å². The number of hydrogen-bond acceptors (Lipinski definition) is 4. The smallest absolute Gasteiger partial charge is 0.264 e. The Bertz CT molecular complexity index is 1600. The van der Waals surface area contributed by atoms with E-state index >= 15 is 0 Å². The van der Waals surface area contributed by atoms with E-state index in [-0.39, 0.29) is 4.90 Å². The predicted molar refractivity (Wildman–Crippen MR) is 158 cm³/mol. The third-order valence-electron chi connectivity index (χ3n) is 6.22. The lowest BCUT2D eigenvalue weighted by Gasteiger charge is -2.24. The van der Waals surface area contributed by atoms with Crippen molar-refractivity contribution in [1.29, 1.82) is 0 Å². The molecule has 0 aliphatic rings. The van der Waals surface area contributed by atoms with Crippen LogP contribution in [0.15, 0.2) is 88.9 Å². The molecule has 0 saturated heterocycles. The average Bonchev–Trinajstić information content (AvgIpc) is 3.19. The maximum Gasteiger partial charge on any atom is 0.264 e. The molecule has 1 heterocycles. The van der Waals surface area contributed by atoms with Gasteiger partial charge >= 0.3 is 0 Å². The van der Waals surface area contributed by atoms with Crippen LogP contribution in [-0.4, -0.2) is 31.7 Å². The fraction of sp³-hybridized carbons (Fsp3) is 0.172. The molecule has 0 atom stereocenters. The molecule has 4 aromatic rings. The van der Waals surface area contributed by atoms with Crippen LogP contribution >= 0.6 is 23.2 Å². The molecule has 0 aliphatic carbocycles. The van der Waals surface area contributed by atoms with Crippen LogP contribution in [0.5, 0.6) is 0 Å². The number of aryl methyl sites for hydroxylation is 2. The van der Waals surface area contributed by atoms with E-state index in [1.54, 1.807) is 36.4 Å². The second kappa shape index (κ2) is 12.1. The summed E-state index contributed by atoms with van der Waals surface area (Å²) in [6, 6.07) is 22.3. The number of rotatable bonds is 9. The molecule has 3 aromatic carbocycles. The van der Waals surface area contributed by atoms with Gasteiger partial charge in [0.1, 0.15) is 6.54 Å². The topological polar surface area (TPSA) is 83.8 Å². The zero-order chi connectivity index (χ0) is 28.2. The molecule has 0 fully saturated rings. The predicted octanol–water partition coefficient (Wildman–Crippen LogP) is 6.31. The van der Waals surface area contributed by atoms with Crippen molar-refractivity contribution in [3.05, 3.63) is 111 Å². The first-order valence-electron chi connectivity index (χ1n) is 12.2. The van der Waals surface area contributed by atoms with Gasteiger partial charge in [0.15, 0.2) is 0 Å². The van der Waals surface area contributed by atoms with Crippen molar-refractivity contribution in [2.75, 3.05) is 10.8 Å². The summed E-state index contributed by atoms with van der Waals surface area (Å²) in [6.07, 6.45) is 2.33. The van der Waals surface area contributed by atoms with E-state index in [0.717, 1.165) is 38.9 Å². The number of carbonyl (C=O) groups excluding carboxylic acids is 1. The normalized spacial score (nSPS) is 11.6. The Balaban J connectivity index is 1.55. The van der Waals surface area contributed by atoms with Crippen LogP contribution in [0.3, 0.4) is 0 Å². The van der Waals surface area contributed by atoms with Crippen LogP contribution in [0.2, 0.25) is 10.0 Å². The van der Waals surface area contributed by atoms with Crippen LogP contribution in [0.25, 0.3) is 5.69 Å². The summed E-state index contributed by atoms with van der Waals surface area (Å²) in [4.78, 5) is 13.0. The van der Waals surface area contributed by atoms with E-state index < -0.39 is 22.5 Å². The van der Waals surface area contributed by atoms with Crippen molar-refractivity contribution in [1.82, 2.24) is 9.99 Å². The minimum absolute atomic E-state index is 0.0921. The number of carbonyl (C=O) groups is 1. The zero-order valence-corrected chi connectivity index (χ0v) is 24.1. The van der Waals surface area contributed by atoms with E-state index in [4.69, 9.17) is 23.2 Å². The maximum atomic E-state index is 13.5. The Hall–Kier alpha value is -3.59. The number of benzene rings is 3. The molecule has 0 spiro atoms. The fourth-order valence-corrected chi connectivity index (χ4v) is 6.21. The summed E-state index contributed by atoms with van der Waals surface area (Å²) in [5, 5.41) is 5.14. The number of halogens is 2. The van der Waals surface area contributed by atoms with Gasteiger partial charge in [0, 0.05) is 32.7 Å². The second-order valence-electron chi connectivity index (χ2n) is 8.93. The number of nitrogens with zero attached hydrogens (tertiary/aromatic N) is 3. The summed E-state index contributed by atoms with van der Waals surface area (Å²) in [5.41, 5.74) is 7.28. The highest BCUT2D eigenvalue weighted by molar-refractivity contribution is 7.92. The first kappa shape index (κ1) is 28.4. The van der Waals surface area contributed by atoms with Crippen molar-refractivity contribution in [2.45, 2.75) is 32.1 Å². The lowest BCUT2D eigenvalue weighted by atomic mass is 10.1. The summed E-state index contributed by atoms with van der Waals surface area (Å²) in [6.45, 7) is 5.42. The van der Waals surface area contributed by atoms with Crippen LogP contribution < -0.4 is 9.73 Å². The lowest BCUT2D eigenvalue weighted by molar-refractivity contribution is -0.119. The van der Waals surface area contributed by atoms with E-state index in [1.807, 2.05) is 55.7 Å². The molecule has 7 nitrogen and oxygen atoms in total. The largest absolute Gasteiger partial charge is 0.318 e. The molecule has 0 bridgehead atoms. The molecule has 4 rings (SSSR count). The number of sulfonamides is 1. The van der Waals surface area contributed by atoms with Gasteiger partial charge in [-0.1, -0.05) is 60.5 Å². The highest BCUT2D eigenvalue weighted by atomic mass is 35.5. The Morgan fingerprint density at radius 1 is 0.974 bits per heavy atom. The van der Waals surface area contributed by atoms with Gasteiger partial charge in [0.25, 0.3) is 15.9 Å². The van der Waals surface area contributed by atoms with Crippen molar-refractivity contribution >= 4 is 51.0 Å². The van der Waals surface area contributed by atoms with E-state index in [0.29, 0.717) is 15.7 Å². The zero-order valence-electron chi connectivity index (χ0n) is 21.7. The lowest BCUT2D eigenvalue weighted by Crippen LogP contribution is -2.39. The molecule has 0 aliphatic heterocycles. The van der Waals surface area contributed by atoms with Crippen LogP contribution in [0.1, 0.15) is 29.4 Å². The van der Waals surface area contributed by atoms with Gasteiger partial charge in [-0.15, -0.1) is 0 Å². The molecule has 1 N–H and O–H groups in total. The quantitative estimate of drug-likeness (QED) is 0.185. The van der Waals surface area contributed by atoms with Crippen LogP contribution in [0.4, 0.5) is 5.69 Å². The molecule has 0 saturated carbocycles. The van der Waals surface area contributed by atoms with Crippen molar-refractivity contribution in [3.8, 4) is 5.69 Å². The van der Waals surface area contributed by atoms with Gasteiger partial charge in [-0.05, 0) is 74.4 Å². The summed E-state index contributed by atoms with van der Waals surface area (Å²) in [5.74, 6) is -0.583. The summed E-state index contributed by atoms with van der Waals surface area (Å²) >= 11 is 12.4. The number of amides is 1. The number of aromatic nitrogens is 1. The van der Waals surface area contributed by atoms with Crippen LogP contribution in [0, 0.1) is 13.8 Å². The van der Waals surface area contributed by atoms with E-state index in [9.17, 15) is 13.2 Å². The molecule has 0 unspecified atom stereocenters. The van der Waals surface area contributed by atoms with Crippen LogP contribution in [-0.2, 0) is 21.2 Å². The molecule has 202 valence electrons. The molecule has 10 heteroatoms. The second-order valence-corrected chi connectivity index (χ2v) is 11.7. The van der Waals surface area contributed by atoms with E-state index in [1.165, 1.54) is 18.3 Å². The van der Waals surface area contributed by atoms with Gasteiger partial charge in [-0.3, -0.25) is 9.10 Å². The molecular weight excluding hydrogens is 555 g/mol. The first-order chi connectivity index (χ1) is 18.6. The Labute approximate surface area is 238 Å². The maximum absolute atomic E-state index is 13.5. The third kappa shape index (κ3) is 6.53. The van der Waals surface area contributed by atoms with Crippen molar-refractivity contribution < 1.29 is 13.2 Å². The third-order valence-corrected chi connectivity index (χ3v) is 8.44. The fourth-order valence-electron chi connectivity index (χ4n) is 4.26. The van der Waals surface area contributed by atoms with Gasteiger partial charge in [0.2, 0.25) is 0 Å². The monoisotopic (exact) mass is 582 g/mol. The SMILES string of the molecule is CCc1ccc(N(CC(=O)N/N=C\c2cc(C)n(-c3cc(Cl)cc(Cl)c3)c2C)S(=O)(=O)c2ccccc2)cc1. The first-order valence-corrected chi connectivity index (χ1v) is 14.4. The average molecular weight is 584 g/mol. The molecular formula is C29H28Cl2N4O3S. The Kier molecular flexibility index (Phi) is 8.80. The van der Waals surface area contributed by atoms with Crippen molar-refractivity contribution in [2.24, 2.45) is 5.10 Å². The molecule has 39 heavy (non-hydrogen) atoms. The standard InChI is InChI=1S/C29H28Cl2N4O3S/c1-4-22-10-12-26(13-11-22)34(39(37,38)28-8-6-5-7-9-28)19-29(36)33-32-18-23-14-20(2)35(21(23)3)27-16-24(30)15-25(31)17-27/h5-18H,4,19H2,1-3H3,(H,33,36)/b32-18-. The minimum atomic E-state index is -4.00. The number of anilines is 1. The number of nitrogens with one attached hydrogen (secondary N) is 1. The van der Waals surface area contributed by atoms with Crippen molar-refractivity contribution in [3.63, 3.8) is 0 Å². The minimum Gasteiger partial charge on any atom is -0.318 e. The van der Waals surface area contributed by atoms with E-state index in [2.05, 4.69) is 10.5 Å². The van der Waals surface area contributed by atoms with Gasteiger partial charge in [-0.25, -0.2) is 13.8 Å². The molecule has 1 aromatic heterocycles. The van der Waals surface area contributed by atoms with Gasteiger partial charge in [-0.2, -0.15) is 5.10 Å². The summed E-state index contributed by atoms with van der Waals surface area (Å²) < 4.78 is 30.0.